The standard InChI is InChI=1S/C29H33F9N8O3/c1-3-20-15-22(45(25(39)42-43-40-2)16-17-12-18(27(30,31)32)14-19(13-17)28(33,34)35)24-21(4-5-23(41-24)29(36,37)38)46(20)26(47)49-11-8-44-6-9-48-10-7-44/h4-5,12-14,20,22H,3,6-11,15-16H2,1-2H3,(H2,39,40,42)/p+1/t20-,22+/m1/s1. The average Bonchev–Trinajstić information content (AvgIpc) is 3.04. The fraction of sp³-hybridized carbons (Fsp3) is 0.552. The van der Waals surface area contributed by atoms with Crippen LogP contribution in [0.25, 0.3) is 0 Å². The van der Waals surface area contributed by atoms with Gasteiger partial charge in [0.2, 0.25) is 0 Å². The number of hydrogen-bond acceptors (Lipinski definition) is 7. The Hall–Kier alpha value is -4.20. The van der Waals surface area contributed by atoms with Gasteiger partial charge in [-0.05, 0) is 47.5 Å². The summed E-state index contributed by atoms with van der Waals surface area (Å²) in [5.74, 6) is -0.469. The second-order valence-corrected chi connectivity index (χ2v) is 11.2. The number of halogens is 9. The number of pyridine rings is 1. The molecule has 0 bridgehead atoms. The normalized spacial score (nSPS) is 19.9. The van der Waals surface area contributed by atoms with E-state index in [-0.39, 0.29) is 36.9 Å². The topological polar surface area (TPSA) is 121 Å². The molecule has 270 valence electrons. The van der Waals surface area contributed by atoms with Crippen LogP contribution in [-0.4, -0.2) is 79.1 Å². The molecule has 1 aromatic heterocycles. The van der Waals surface area contributed by atoms with Gasteiger partial charge in [-0.1, -0.05) is 6.92 Å². The van der Waals surface area contributed by atoms with Crippen molar-refractivity contribution < 1.29 is 58.4 Å². The average molecular weight is 714 g/mol. The van der Waals surface area contributed by atoms with E-state index in [1.165, 1.54) is 7.05 Å². The maximum absolute atomic E-state index is 13.9. The van der Waals surface area contributed by atoms with Gasteiger partial charge in [0.1, 0.15) is 24.0 Å². The molecule has 1 amide bonds. The molecule has 4 rings (SSSR count). The highest BCUT2D eigenvalue weighted by Crippen LogP contribution is 2.43. The van der Waals surface area contributed by atoms with Gasteiger partial charge in [-0.15, -0.1) is 5.43 Å². The zero-order chi connectivity index (χ0) is 36.1. The number of anilines is 1. The third-order valence-corrected chi connectivity index (χ3v) is 7.98. The highest BCUT2D eigenvalue weighted by Gasteiger charge is 2.44. The van der Waals surface area contributed by atoms with Gasteiger partial charge >= 0.3 is 30.6 Å². The molecule has 1 fully saturated rings. The molecule has 2 atom stereocenters. The van der Waals surface area contributed by atoms with Crippen molar-refractivity contribution in [2.24, 2.45) is 16.1 Å². The predicted octanol–water partition coefficient (Wildman–Crippen LogP) is 5.75. The lowest BCUT2D eigenvalue weighted by molar-refractivity contribution is -0.593. The lowest BCUT2D eigenvalue weighted by Gasteiger charge is -2.40. The van der Waals surface area contributed by atoms with Crippen LogP contribution in [0.2, 0.25) is 0 Å². The van der Waals surface area contributed by atoms with Crippen LogP contribution < -0.4 is 16.1 Å². The minimum atomic E-state index is -5.17. The fourth-order valence-corrected chi connectivity index (χ4v) is 5.61. The molecule has 1 aromatic carbocycles. The van der Waals surface area contributed by atoms with E-state index in [1.807, 2.05) is 4.90 Å². The molecule has 1 saturated heterocycles. The zero-order valence-corrected chi connectivity index (χ0v) is 26.3. The van der Waals surface area contributed by atoms with Gasteiger partial charge in [-0.3, -0.25) is 20.1 Å². The molecule has 0 aliphatic carbocycles. The Bertz CT molecular complexity index is 1510. The van der Waals surface area contributed by atoms with E-state index in [0.717, 1.165) is 15.5 Å². The van der Waals surface area contributed by atoms with E-state index in [9.17, 15) is 44.3 Å². The van der Waals surface area contributed by atoms with Gasteiger partial charge in [-0.25, -0.2) is 9.78 Å². The van der Waals surface area contributed by atoms with Crippen LogP contribution in [0.4, 0.5) is 50.0 Å². The van der Waals surface area contributed by atoms with E-state index in [1.54, 1.807) is 6.92 Å². The van der Waals surface area contributed by atoms with Crippen molar-refractivity contribution in [2.45, 2.75) is 56.9 Å². The van der Waals surface area contributed by atoms with Gasteiger partial charge in [-0.2, -0.15) is 44.6 Å². The van der Waals surface area contributed by atoms with Crippen LogP contribution in [0, 0.1) is 0 Å². The summed E-state index contributed by atoms with van der Waals surface area (Å²) in [7, 11) is 1.23. The third kappa shape index (κ3) is 9.28. The zero-order valence-electron chi connectivity index (χ0n) is 26.3. The second kappa shape index (κ2) is 15.1. The number of morpholine rings is 1. The summed E-state index contributed by atoms with van der Waals surface area (Å²) in [5, 5.41) is 6.99. The molecule has 2 aliphatic rings. The number of nitrogens with zero attached hydrogens (tertiary/aromatic N) is 6. The Kier molecular flexibility index (Phi) is 11.6. The van der Waals surface area contributed by atoms with E-state index < -0.39 is 71.6 Å². The fourth-order valence-electron chi connectivity index (χ4n) is 5.61. The van der Waals surface area contributed by atoms with Crippen molar-refractivity contribution in [3.05, 3.63) is 58.4 Å². The van der Waals surface area contributed by atoms with Crippen LogP contribution in [0.3, 0.4) is 0 Å². The maximum atomic E-state index is 13.9. The summed E-state index contributed by atoms with van der Waals surface area (Å²) >= 11 is 0. The molecule has 2 aliphatic heterocycles. The Morgan fingerprint density at radius 1 is 1.04 bits per heavy atom. The summed E-state index contributed by atoms with van der Waals surface area (Å²) in [6.45, 7) is 3.47. The summed E-state index contributed by atoms with van der Waals surface area (Å²) in [6, 6.07) is 0.498. The van der Waals surface area contributed by atoms with E-state index >= 15 is 0 Å². The SMILES string of the molecule is CC[C@@H]1C[C@H]([N+](Cc2cc(C(F)(F)F)cc(C(F)(F)F)c2)=C(N)NN=NC)c2nc(C(F)(F)F)ccc2N1C(=O)OCCN1CCOCC1. The first-order chi connectivity index (χ1) is 22.9. The van der Waals surface area contributed by atoms with Crippen molar-refractivity contribution in [3.8, 4) is 0 Å². The maximum Gasteiger partial charge on any atom is 0.433 e. The number of aromatic nitrogens is 1. The highest BCUT2D eigenvalue weighted by atomic mass is 19.4. The highest BCUT2D eigenvalue weighted by molar-refractivity contribution is 5.90. The van der Waals surface area contributed by atoms with E-state index in [0.29, 0.717) is 51.0 Å². The molecular weight excluding hydrogens is 679 g/mol. The lowest BCUT2D eigenvalue weighted by Crippen LogP contribution is -2.49. The quantitative estimate of drug-likeness (QED) is 0.0893. The molecule has 49 heavy (non-hydrogen) atoms. The van der Waals surface area contributed by atoms with Crippen molar-refractivity contribution in [1.29, 1.82) is 0 Å². The minimum Gasteiger partial charge on any atom is -0.448 e. The molecule has 11 nitrogen and oxygen atoms in total. The number of benzene rings is 1. The Balaban J connectivity index is 1.82. The number of amides is 1. The summed E-state index contributed by atoms with van der Waals surface area (Å²) < 4.78 is 136. The van der Waals surface area contributed by atoms with E-state index in [4.69, 9.17) is 15.2 Å². The van der Waals surface area contributed by atoms with Crippen molar-refractivity contribution in [3.63, 3.8) is 0 Å². The predicted molar refractivity (Wildman–Crippen MR) is 155 cm³/mol. The van der Waals surface area contributed by atoms with Crippen LogP contribution in [0.5, 0.6) is 0 Å². The number of carbonyl (C=O) groups excluding carboxylic acids is 1. The number of hydrogen-bond donors (Lipinski definition) is 2. The Morgan fingerprint density at radius 3 is 2.22 bits per heavy atom. The minimum absolute atomic E-state index is 0.0472. The number of fused-ring (bicyclic) bond motifs is 1. The molecule has 0 unspecified atom stereocenters. The van der Waals surface area contributed by atoms with Gasteiger partial charge < -0.3 is 9.47 Å². The first-order valence-electron chi connectivity index (χ1n) is 15.0. The number of nitrogens with two attached hydrogens (primary N) is 1. The smallest absolute Gasteiger partial charge is 0.433 e. The van der Waals surface area contributed by atoms with Crippen LogP contribution >= 0.6 is 0 Å². The van der Waals surface area contributed by atoms with Crippen LogP contribution in [0.15, 0.2) is 40.7 Å². The third-order valence-electron chi connectivity index (χ3n) is 7.98. The number of rotatable bonds is 8. The molecule has 0 saturated carbocycles. The van der Waals surface area contributed by atoms with Gasteiger partial charge in [0.15, 0.2) is 0 Å². The van der Waals surface area contributed by atoms with Crippen molar-refractivity contribution in [2.75, 3.05) is 51.4 Å². The molecular formula is C29H34F9N8O3+. The summed E-state index contributed by atoms with van der Waals surface area (Å²) in [5.41, 5.74) is 2.94. The van der Waals surface area contributed by atoms with Crippen molar-refractivity contribution in [1.82, 2.24) is 15.3 Å². The van der Waals surface area contributed by atoms with E-state index in [2.05, 4.69) is 20.7 Å². The van der Waals surface area contributed by atoms with Crippen LogP contribution in [0.1, 0.15) is 53.9 Å². The molecule has 20 heteroatoms. The molecule has 0 spiro atoms. The first kappa shape index (κ1) is 37.6. The number of carbonyl (C=O) groups is 1. The summed E-state index contributed by atoms with van der Waals surface area (Å²) in [4.78, 5) is 20.4. The number of ether oxygens (including phenoxy) is 2. The molecule has 2 aromatic rings. The summed E-state index contributed by atoms with van der Waals surface area (Å²) in [6.07, 6.45) is -16.2. The lowest BCUT2D eigenvalue weighted by atomic mass is 9.92. The number of nitrogens with one attached hydrogen (secondary N) is 1. The molecule has 3 N–H and O–H groups in total. The largest absolute Gasteiger partial charge is 0.448 e. The Morgan fingerprint density at radius 2 is 1.67 bits per heavy atom. The number of alkyl halides is 9. The first-order valence-corrected chi connectivity index (χ1v) is 15.0. The van der Waals surface area contributed by atoms with Gasteiger partial charge in [0.05, 0.1) is 43.6 Å². The molecule has 3 heterocycles. The second-order valence-electron chi connectivity index (χ2n) is 11.2. The monoisotopic (exact) mass is 713 g/mol. The van der Waals surface area contributed by atoms with Crippen molar-refractivity contribution >= 4 is 17.7 Å². The van der Waals surface area contributed by atoms with Crippen LogP contribution in [-0.2, 0) is 34.5 Å². The van der Waals surface area contributed by atoms with Gasteiger partial charge in [0.25, 0.3) is 0 Å². The number of guanidine groups is 1. The Labute approximate surface area is 274 Å². The molecule has 0 radical (unpaired) electrons. The van der Waals surface area contributed by atoms with Gasteiger partial charge in [0, 0.05) is 32.1 Å².